The monoisotopic (exact) mass is 236 g/mol. The Balaban J connectivity index is 2.33. The summed E-state index contributed by atoms with van der Waals surface area (Å²) in [4.78, 5) is 5.61. The quantitative estimate of drug-likeness (QED) is 0.854. The highest BCUT2D eigenvalue weighted by Crippen LogP contribution is 2.26. The molecule has 0 aromatic carbocycles. The number of thiophene rings is 1. The first kappa shape index (κ1) is 11.3. The maximum Gasteiger partial charge on any atom is 0.191 e. The lowest BCUT2D eigenvalue weighted by Gasteiger charge is -2.22. The Hall–Kier alpha value is -1.20. The van der Waals surface area contributed by atoms with Crippen LogP contribution in [-0.2, 0) is 5.41 Å². The molecule has 4 nitrogen and oxygen atoms in total. The van der Waals surface area contributed by atoms with E-state index in [1.54, 1.807) is 11.3 Å². The SMILES string of the molecule is CCC(C)(CN)c1nc(-c2cccs2)n[nH]1. The second-order valence-corrected chi connectivity index (χ2v) is 5.05. The van der Waals surface area contributed by atoms with Crippen molar-refractivity contribution in [3.05, 3.63) is 23.3 Å². The molecule has 0 radical (unpaired) electrons. The Kier molecular flexibility index (Phi) is 3.07. The van der Waals surface area contributed by atoms with E-state index in [0.29, 0.717) is 6.54 Å². The summed E-state index contributed by atoms with van der Waals surface area (Å²) >= 11 is 1.64. The summed E-state index contributed by atoms with van der Waals surface area (Å²) < 4.78 is 0. The van der Waals surface area contributed by atoms with Crippen molar-refractivity contribution < 1.29 is 0 Å². The molecule has 2 aromatic heterocycles. The molecule has 0 spiro atoms. The van der Waals surface area contributed by atoms with E-state index in [4.69, 9.17) is 5.73 Å². The zero-order chi connectivity index (χ0) is 11.6. The summed E-state index contributed by atoms with van der Waals surface area (Å²) in [5.41, 5.74) is 5.68. The molecular weight excluding hydrogens is 220 g/mol. The van der Waals surface area contributed by atoms with Crippen LogP contribution in [0, 0.1) is 0 Å². The Labute approximate surface area is 98.9 Å². The third kappa shape index (κ3) is 1.88. The predicted octanol–water partition coefficient (Wildman–Crippen LogP) is 2.16. The van der Waals surface area contributed by atoms with Gasteiger partial charge in [-0.05, 0) is 17.9 Å². The summed E-state index contributed by atoms with van der Waals surface area (Å²) in [6.07, 6.45) is 0.947. The van der Waals surface area contributed by atoms with E-state index in [-0.39, 0.29) is 5.41 Å². The molecule has 0 aliphatic carbocycles. The number of H-pyrrole nitrogens is 1. The third-order valence-electron chi connectivity index (χ3n) is 3.03. The van der Waals surface area contributed by atoms with Gasteiger partial charge in [0.1, 0.15) is 5.82 Å². The number of rotatable bonds is 4. The fourth-order valence-electron chi connectivity index (χ4n) is 1.46. The van der Waals surface area contributed by atoms with Gasteiger partial charge in [0.2, 0.25) is 0 Å². The van der Waals surface area contributed by atoms with Crippen molar-refractivity contribution in [3.8, 4) is 10.7 Å². The van der Waals surface area contributed by atoms with Gasteiger partial charge in [-0.2, -0.15) is 5.10 Å². The van der Waals surface area contributed by atoms with E-state index in [2.05, 4.69) is 29.0 Å². The molecule has 0 amide bonds. The standard InChI is InChI=1S/C11H16N4S/c1-3-11(2,7-12)10-13-9(14-15-10)8-5-4-6-16-8/h4-6H,3,7,12H2,1-2H3,(H,13,14,15). The predicted molar refractivity (Wildman–Crippen MR) is 66.4 cm³/mol. The highest BCUT2D eigenvalue weighted by atomic mass is 32.1. The summed E-state index contributed by atoms with van der Waals surface area (Å²) in [5, 5.41) is 9.26. The smallest absolute Gasteiger partial charge is 0.191 e. The van der Waals surface area contributed by atoms with E-state index < -0.39 is 0 Å². The number of hydrogen-bond acceptors (Lipinski definition) is 4. The molecule has 86 valence electrons. The molecule has 16 heavy (non-hydrogen) atoms. The van der Waals surface area contributed by atoms with Crippen LogP contribution in [0.15, 0.2) is 17.5 Å². The normalized spacial score (nSPS) is 14.9. The molecule has 0 aliphatic heterocycles. The van der Waals surface area contributed by atoms with Crippen LogP contribution >= 0.6 is 11.3 Å². The van der Waals surface area contributed by atoms with Gasteiger partial charge in [0.15, 0.2) is 5.82 Å². The maximum absolute atomic E-state index is 5.79. The Morgan fingerprint density at radius 2 is 2.38 bits per heavy atom. The maximum atomic E-state index is 5.79. The first-order valence-electron chi connectivity index (χ1n) is 5.36. The van der Waals surface area contributed by atoms with E-state index in [1.807, 2.05) is 17.5 Å². The molecule has 0 bridgehead atoms. The first-order chi connectivity index (χ1) is 7.69. The number of nitrogens with one attached hydrogen (secondary N) is 1. The average Bonchev–Trinajstić information content (AvgIpc) is 2.97. The lowest BCUT2D eigenvalue weighted by Crippen LogP contribution is -2.32. The highest BCUT2D eigenvalue weighted by molar-refractivity contribution is 7.13. The minimum absolute atomic E-state index is 0.109. The first-order valence-corrected chi connectivity index (χ1v) is 6.24. The average molecular weight is 236 g/mol. The summed E-state index contributed by atoms with van der Waals surface area (Å²) in [6, 6.07) is 4.02. The molecule has 0 fully saturated rings. The minimum atomic E-state index is -0.109. The fraction of sp³-hybridized carbons (Fsp3) is 0.455. The van der Waals surface area contributed by atoms with Crippen LogP contribution in [0.1, 0.15) is 26.1 Å². The molecule has 1 unspecified atom stereocenters. The molecule has 2 aromatic rings. The zero-order valence-corrected chi connectivity index (χ0v) is 10.3. The van der Waals surface area contributed by atoms with Gasteiger partial charge in [-0.15, -0.1) is 11.3 Å². The molecular formula is C11H16N4S. The summed E-state index contributed by atoms with van der Waals surface area (Å²) in [5.74, 6) is 1.64. The van der Waals surface area contributed by atoms with Gasteiger partial charge in [-0.1, -0.05) is 19.9 Å². The molecule has 1 atom stereocenters. The van der Waals surface area contributed by atoms with Gasteiger partial charge in [-0.3, -0.25) is 5.10 Å². The molecule has 5 heteroatoms. The van der Waals surface area contributed by atoms with Crippen molar-refractivity contribution >= 4 is 11.3 Å². The van der Waals surface area contributed by atoms with E-state index in [0.717, 1.165) is 22.9 Å². The molecule has 2 rings (SSSR count). The zero-order valence-electron chi connectivity index (χ0n) is 9.53. The number of aromatic nitrogens is 3. The van der Waals surface area contributed by atoms with Gasteiger partial charge >= 0.3 is 0 Å². The van der Waals surface area contributed by atoms with Crippen LogP contribution in [0.2, 0.25) is 0 Å². The summed E-state index contributed by atoms with van der Waals surface area (Å²) in [7, 11) is 0. The van der Waals surface area contributed by atoms with Crippen LogP contribution in [0.5, 0.6) is 0 Å². The third-order valence-corrected chi connectivity index (χ3v) is 3.90. The molecule has 0 saturated heterocycles. The second kappa shape index (κ2) is 4.35. The van der Waals surface area contributed by atoms with Crippen LogP contribution in [0.4, 0.5) is 0 Å². The van der Waals surface area contributed by atoms with Gasteiger partial charge in [0.05, 0.1) is 4.88 Å². The molecule has 0 saturated carbocycles. The van der Waals surface area contributed by atoms with Crippen molar-refractivity contribution in [2.24, 2.45) is 5.73 Å². The Morgan fingerprint density at radius 1 is 1.56 bits per heavy atom. The van der Waals surface area contributed by atoms with Crippen molar-refractivity contribution in [1.29, 1.82) is 0 Å². The van der Waals surface area contributed by atoms with Crippen molar-refractivity contribution in [2.75, 3.05) is 6.54 Å². The minimum Gasteiger partial charge on any atom is -0.329 e. The van der Waals surface area contributed by atoms with Gasteiger partial charge in [-0.25, -0.2) is 4.98 Å². The molecule has 0 aliphatic rings. The summed E-state index contributed by atoms with van der Waals surface area (Å²) in [6.45, 7) is 4.79. The van der Waals surface area contributed by atoms with Crippen LogP contribution < -0.4 is 5.73 Å². The fourth-order valence-corrected chi connectivity index (χ4v) is 2.11. The van der Waals surface area contributed by atoms with E-state index in [9.17, 15) is 0 Å². The number of aromatic amines is 1. The largest absolute Gasteiger partial charge is 0.329 e. The Morgan fingerprint density at radius 3 is 2.94 bits per heavy atom. The lowest BCUT2D eigenvalue weighted by atomic mass is 9.87. The van der Waals surface area contributed by atoms with E-state index in [1.165, 1.54) is 0 Å². The van der Waals surface area contributed by atoms with Crippen molar-refractivity contribution in [1.82, 2.24) is 15.2 Å². The number of hydrogen-bond donors (Lipinski definition) is 2. The highest BCUT2D eigenvalue weighted by Gasteiger charge is 2.27. The topological polar surface area (TPSA) is 67.6 Å². The van der Waals surface area contributed by atoms with E-state index >= 15 is 0 Å². The van der Waals surface area contributed by atoms with Crippen molar-refractivity contribution in [2.45, 2.75) is 25.7 Å². The number of nitrogens with two attached hydrogens (primary N) is 1. The van der Waals surface area contributed by atoms with Crippen LogP contribution in [-0.4, -0.2) is 21.7 Å². The van der Waals surface area contributed by atoms with Gasteiger partial charge < -0.3 is 5.73 Å². The van der Waals surface area contributed by atoms with Crippen molar-refractivity contribution in [3.63, 3.8) is 0 Å². The van der Waals surface area contributed by atoms with Crippen LogP contribution in [0.3, 0.4) is 0 Å². The van der Waals surface area contributed by atoms with Crippen LogP contribution in [0.25, 0.3) is 10.7 Å². The molecule has 2 heterocycles. The second-order valence-electron chi connectivity index (χ2n) is 4.10. The number of nitrogens with zero attached hydrogens (tertiary/aromatic N) is 2. The molecule has 3 N–H and O–H groups in total. The van der Waals surface area contributed by atoms with Gasteiger partial charge in [0, 0.05) is 12.0 Å². The Bertz CT molecular complexity index is 442. The lowest BCUT2D eigenvalue weighted by molar-refractivity contribution is 0.440. The van der Waals surface area contributed by atoms with Gasteiger partial charge in [0.25, 0.3) is 0 Å².